The van der Waals surface area contributed by atoms with Gasteiger partial charge in [-0.1, -0.05) is 0 Å². The van der Waals surface area contributed by atoms with E-state index in [2.05, 4.69) is 0 Å². The molecular formula is C21H22F4N2O10. The van der Waals surface area contributed by atoms with Crippen molar-refractivity contribution in [3.8, 4) is 0 Å². The van der Waals surface area contributed by atoms with E-state index in [-0.39, 0.29) is 0 Å². The highest BCUT2D eigenvalue weighted by molar-refractivity contribution is 5.95. The van der Waals surface area contributed by atoms with Gasteiger partial charge in [0.1, 0.15) is 30.0 Å². The highest BCUT2D eigenvalue weighted by Gasteiger charge is 2.52. The summed E-state index contributed by atoms with van der Waals surface area (Å²) in [5, 5.41) is 1.92. The Morgan fingerprint density at radius 3 is 1.73 bits per heavy atom. The summed E-state index contributed by atoms with van der Waals surface area (Å²) < 4.78 is 82.1. The fourth-order valence-corrected chi connectivity index (χ4v) is 3.39. The number of rotatable bonds is 7. The van der Waals surface area contributed by atoms with E-state index in [9.17, 15) is 41.5 Å². The fraction of sp³-hybridized carbons (Fsp3) is 0.476. The van der Waals surface area contributed by atoms with Crippen molar-refractivity contribution in [3.05, 3.63) is 28.8 Å². The minimum atomic E-state index is -2.15. The lowest BCUT2D eigenvalue weighted by molar-refractivity contribution is -0.270. The molecule has 1 aromatic carbocycles. The monoisotopic (exact) mass is 538 g/mol. The fourth-order valence-electron chi connectivity index (χ4n) is 3.39. The Morgan fingerprint density at radius 2 is 1.27 bits per heavy atom. The molecule has 0 saturated carbocycles. The molecule has 12 nitrogen and oxygen atoms in total. The van der Waals surface area contributed by atoms with Crippen molar-refractivity contribution < 1.29 is 65.2 Å². The second-order valence-corrected chi connectivity index (χ2v) is 7.65. The molecule has 204 valence electrons. The van der Waals surface area contributed by atoms with E-state index in [1.165, 1.54) is 0 Å². The second-order valence-electron chi connectivity index (χ2n) is 7.65. The van der Waals surface area contributed by atoms with Gasteiger partial charge in [-0.05, 0) is 0 Å². The lowest BCUT2D eigenvalue weighted by Crippen LogP contribution is -2.67. The van der Waals surface area contributed by atoms with Crippen molar-refractivity contribution in [3.63, 3.8) is 0 Å². The van der Waals surface area contributed by atoms with Crippen LogP contribution in [0.25, 0.3) is 0 Å². The van der Waals surface area contributed by atoms with Crippen LogP contribution in [0.5, 0.6) is 0 Å². The van der Waals surface area contributed by atoms with E-state index in [4.69, 9.17) is 29.4 Å². The molecule has 1 amide bonds. The van der Waals surface area contributed by atoms with Crippen molar-refractivity contribution in [2.75, 3.05) is 12.3 Å². The molecule has 1 saturated heterocycles. The van der Waals surface area contributed by atoms with Crippen LogP contribution in [0.1, 0.15) is 38.1 Å². The van der Waals surface area contributed by atoms with Crippen LogP contribution < -0.4 is 11.1 Å². The summed E-state index contributed by atoms with van der Waals surface area (Å²) in [5.41, 5.74) is 1.67. The summed E-state index contributed by atoms with van der Waals surface area (Å²) in [6, 6.07) is -1.87. The van der Waals surface area contributed by atoms with Crippen LogP contribution in [-0.4, -0.2) is 67.0 Å². The van der Waals surface area contributed by atoms with Gasteiger partial charge in [-0.2, -0.15) is 0 Å². The maximum Gasteiger partial charge on any atom is 0.305 e. The van der Waals surface area contributed by atoms with Gasteiger partial charge in [-0.3, -0.25) is 24.0 Å². The average Bonchev–Trinajstić information content (AvgIpc) is 2.78. The van der Waals surface area contributed by atoms with Crippen LogP contribution in [0.4, 0.5) is 23.2 Å². The Balaban J connectivity index is 2.59. The van der Waals surface area contributed by atoms with Gasteiger partial charge in [0.05, 0.1) is 0 Å². The van der Waals surface area contributed by atoms with Gasteiger partial charge >= 0.3 is 23.9 Å². The van der Waals surface area contributed by atoms with Gasteiger partial charge < -0.3 is 34.7 Å². The van der Waals surface area contributed by atoms with Crippen molar-refractivity contribution in [1.29, 1.82) is 0 Å². The van der Waals surface area contributed by atoms with Gasteiger partial charge in [0.15, 0.2) is 35.5 Å². The summed E-state index contributed by atoms with van der Waals surface area (Å²) >= 11 is 0. The minimum Gasteiger partial charge on any atom is -0.463 e. The zero-order valence-corrected chi connectivity index (χ0v) is 19.8. The number of nitrogens with one attached hydrogen (secondary N) is 1. The Bertz CT molecular complexity index is 1090. The lowest BCUT2D eigenvalue weighted by atomic mass is 9.95. The van der Waals surface area contributed by atoms with E-state index in [1.807, 2.05) is 5.32 Å². The number of carbonyl (C=O) groups is 5. The zero-order valence-electron chi connectivity index (χ0n) is 19.8. The minimum absolute atomic E-state index is 0.624. The third-order valence-electron chi connectivity index (χ3n) is 4.81. The summed E-state index contributed by atoms with van der Waals surface area (Å²) in [6.45, 7) is 3.18. The summed E-state index contributed by atoms with van der Waals surface area (Å²) in [4.78, 5) is 59.3. The van der Waals surface area contributed by atoms with E-state index in [1.54, 1.807) is 0 Å². The van der Waals surface area contributed by atoms with Crippen LogP contribution in [0, 0.1) is 23.3 Å². The maximum absolute atomic E-state index is 14.4. The van der Waals surface area contributed by atoms with Crippen LogP contribution in [0.3, 0.4) is 0 Å². The molecule has 16 heteroatoms. The van der Waals surface area contributed by atoms with Crippen molar-refractivity contribution in [2.24, 2.45) is 0 Å². The number of nitrogen functional groups attached to an aromatic ring is 1. The van der Waals surface area contributed by atoms with Crippen LogP contribution >= 0.6 is 0 Å². The number of hydrogen-bond donors (Lipinski definition) is 2. The second kappa shape index (κ2) is 11.9. The number of hydrogen-bond acceptors (Lipinski definition) is 11. The number of halogens is 4. The zero-order chi connectivity index (χ0) is 28.2. The first-order valence-corrected chi connectivity index (χ1v) is 10.4. The van der Waals surface area contributed by atoms with E-state index in [0.717, 1.165) is 27.7 Å². The van der Waals surface area contributed by atoms with Gasteiger partial charge in [0, 0.05) is 27.7 Å². The highest BCUT2D eigenvalue weighted by atomic mass is 19.2. The van der Waals surface area contributed by atoms with Crippen molar-refractivity contribution >= 4 is 35.5 Å². The number of ether oxygens (including phenoxy) is 5. The van der Waals surface area contributed by atoms with Crippen LogP contribution in [0.2, 0.25) is 0 Å². The summed E-state index contributed by atoms with van der Waals surface area (Å²) in [5.74, 6) is -14.0. The molecule has 1 aromatic rings. The molecule has 5 atom stereocenters. The third-order valence-corrected chi connectivity index (χ3v) is 4.81. The van der Waals surface area contributed by atoms with Gasteiger partial charge in [-0.15, -0.1) is 0 Å². The smallest absolute Gasteiger partial charge is 0.305 e. The van der Waals surface area contributed by atoms with Gasteiger partial charge in [-0.25, -0.2) is 17.6 Å². The number of carbonyl (C=O) groups excluding carboxylic acids is 5. The van der Waals surface area contributed by atoms with E-state index >= 15 is 0 Å². The lowest BCUT2D eigenvalue weighted by Gasteiger charge is -2.44. The summed E-state index contributed by atoms with van der Waals surface area (Å²) in [6.07, 6.45) is -6.80. The SMILES string of the molecule is CC(=O)OC[C@H]1O[C@H](OC(C)=O)[C@H](NC(=O)c2c(F)c(F)c(N)c(F)c2F)[C@@H](OC(C)=O)[C@@H]1OC(C)=O. The molecule has 3 N–H and O–H groups in total. The standard InChI is InChI=1S/C21H22F4N2O10/c1-6(28)33-5-10-18(34-7(2)29)19(35-8(3)30)17(21(37-10)36-9(4)31)27-20(32)11-12(22)14(24)16(26)15(25)13(11)23/h10,17-19,21H,5,26H2,1-4H3,(H,27,32)/t10-,17-,18-,19-,21+/m1/s1. The number of amides is 1. The van der Waals surface area contributed by atoms with Gasteiger partial charge in [0.25, 0.3) is 5.91 Å². The highest BCUT2D eigenvalue weighted by Crippen LogP contribution is 2.30. The normalized spacial score (nSPS) is 23.0. The van der Waals surface area contributed by atoms with Crippen LogP contribution in [0.15, 0.2) is 0 Å². The molecule has 1 heterocycles. The topological polar surface area (TPSA) is 170 Å². The number of benzene rings is 1. The molecule has 0 spiro atoms. The molecule has 0 aromatic heterocycles. The number of anilines is 1. The molecule has 0 aliphatic carbocycles. The molecule has 1 aliphatic rings. The van der Waals surface area contributed by atoms with Crippen molar-refractivity contribution in [2.45, 2.75) is 58.3 Å². The van der Waals surface area contributed by atoms with E-state index < -0.39 is 102 Å². The van der Waals surface area contributed by atoms with Crippen molar-refractivity contribution in [1.82, 2.24) is 5.32 Å². The Hall–Kier alpha value is -3.95. The average molecular weight is 538 g/mol. The molecule has 2 rings (SSSR count). The predicted octanol–water partition coefficient (Wildman–Crippen LogP) is 0.638. The first-order valence-electron chi connectivity index (χ1n) is 10.4. The molecular weight excluding hydrogens is 516 g/mol. The van der Waals surface area contributed by atoms with Crippen LogP contribution in [-0.2, 0) is 42.9 Å². The predicted molar refractivity (Wildman–Crippen MR) is 110 cm³/mol. The molecule has 1 aliphatic heterocycles. The van der Waals surface area contributed by atoms with E-state index in [0.29, 0.717) is 0 Å². The quantitative estimate of drug-likeness (QED) is 0.164. The molecule has 0 bridgehead atoms. The third kappa shape index (κ3) is 6.84. The summed E-state index contributed by atoms with van der Waals surface area (Å²) in [7, 11) is 0. The Kier molecular flexibility index (Phi) is 9.38. The maximum atomic E-state index is 14.4. The number of esters is 4. The molecule has 0 radical (unpaired) electrons. The van der Waals surface area contributed by atoms with Gasteiger partial charge in [0.2, 0.25) is 6.29 Å². The Labute approximate surface area is 206 Å². The first kappa shape index (κ1) is 29.3. The Morgan fingerprint density at radius 1 is 0.784 bits per heavy atom. The number of nitrogens with two attached hydrogens (primary N) is 1. The molecule has 1 fully saturated rings. The largest absolute Gasteiger partial charge is 0.463 e. The first-order chi connectivity index (χ1) is 17.1. The molecule has 37 heavy (non-hydrogen) atoms. The molecule has 0 unspecified atom stereocenters.